The zero-order chi connectivity index (χ0) is 23.7. The lowest BCUT2D eigenvalue weighted by molar-refractivity contribution is -0.115. The Morgan fingerprint density at radius 3 is 2.76 bits per heavy atom. The van der Waals surface area contributed by atoms with E-state index >= 15 is 0 Å². The summed E-state index contributed by atoms with van der Waals surface area (Å²) in [5.41, 5.74) is 4.08. The van der Waals surface area contributed by atoms with Crippen molar-refractivity contribution in [2.45, 2.75) is 24.6 Å². The average molecular weight is 491 g/mol. The molecule has 0 radical (unpaired) electrons. The summed E-state index contributed by atoms with van der Waals surface area (Å²) in [6, 6.07) is 13.9. The van der Waals surface area contributed by atoms with Gasteiger partial charge in [-0.15, -0.1) is 11.3 Å². The Hall–Kier alpha value is -3.63. The molecule has 0 saturated heterocycles. The van der Waals surface area contributed by atoms with Gasteiger partial charge in [0, 0.05) is 18.1 Å². The Labute approximate surface area is 203 Å². The largest absolute Gasteiger partial charge is 0.274 e. The van der Waals surface area contributed by atoms with Crippen LogP contribution in [0.25, 0.3) is 16.7 Å². The Kier molecular flexibility index (Phi) is 6.08. The second-order valence-corrected chi connectivity index (χ2v) is 9.35. The molecule has 0 aliphatic heterocycles. The Bertz CT molecular complexity index is 1480. The maximum Gasteiger partial charge on any atom is 0.230 e. The summed E-state index contributed by atoms with van der Waals surface area (Å²) in [6.45, 7) is 3.53. The van der Waals surface area contributed by atoms with Crippen LogP contribution in [0.5, 0.6) is 0 Å². The van der Waals surface area contributed by atoms with Crippen molar-refractivity contribution < 1.29 is 9.18 Å². The normalized spacial score (nSPS) is 11.1. The fourth-order valence-electron chi connectivity index (χ4n) is 3.51. The first-order chi connectivity index (χ1) is 16.5. The smallest absolute Gasteiger partial charge is 0.230 e. The van der Waals surface area contributed by atoms with Crippen molar-refractivity contribution in [3.63, 3.8) is 0 Å². The molecule has 0 spiro atoms. The molecule has 1 amide bonds. The van der Waals surface area contributed by atoms with Crippen LogP contribution in [0, 0.1) is 12.7 Å². The number of thiazole rings is 1. The highest BCUT2D eigenvalue weighted by Gasteiger charge is 2.19. The maximum atomic E-state index is 13.3. The minimum absolute atomic E-state index is 0.0927. The predicted molar refractivity (Wildman–Crippen MR) is 132 cm³/mol. The number of amides is 1. The maximum absolute atomic E-state index is 13.3. The molecule has 10 heteroatoms. The lowest BCUT2D eigenvalue weighted by Gasteiger charge is -2.18. The van der Waals surface area contributed by atoms with Gasteiger partial charge in [0.2, 0.25) is 5.91 Å². The first-order valence-electron chi connectivity index (χ1n) is 10.4. The quantitative estimate of drug-likeness (QED) is 0.225. The summed E-state index contributed by atoms with van der Waals surface area (Å²) in [7, 11) is 0. The van der Waals surface area contributed by atoms with Crippen LogP contribution < -0.4 is 4.90 Å². The van der Waals surface area contributed by atoms with Crippen LogP contribution in [0.4, 0.5) is 15.2 Å². The number of hydrogen-bond donors (Lipinski definition) is 0. The molecule has 5 aromatic rings. The van der Waals surface area contributed by atoms with Gasteiger partial charge >= 0.3 is 0 Å². The van der Waals surface area contributed by atoms with Crippen LogP contribution >= 0.6 is 23.1 Å². The Morgan fingerprint density at radius 1 is 1.18 bits per heavy atom. The number of anilines is 2. The zero-order valence-corrected chi connectivity index (χ0v) is 20.0. The van der Waals surface area contributed by atoms with Crippen molar-refractivity contribution in [1.29, 1.82) is 0 Å². The number of carbonyl (C=O) groups is 1. The molecule has 0 unspecified atom stereocenters. The van der Waals surface area contributed by atoms with Crippen LogP contribution in [0.2, 0.25) is 0 Å². The van der Waals surface area contributed by atoms with E-state index in [0.29, 0.717) is 16.5 Å². The summed E-state index contributed by atoms with van der Waals surface area (Å²) in [4.78, 5) is 27.5. The number of aromatic nitrogens is 5. The van der Waals surface area contributed by atoms with E-state index in [-0.39, 0.29) is 11.7 Å². The lowest BCUT2D eigenvalue weighted by Crippen LogP contribution is -2.22. The van der Waals surface area contributed by atoms with Gasteiger partial charge in [-0.25, -0.2) is 24.0 Å². The van der Waals surface area contributed by atoms with E-state index in [2.05, 4.69) is 15.1 Å². The number of thioether (sulfide) groups is 1. The highest BCUT2D eigenvalue weighted by atomic mass is 32.2. The van der Waals surface area contributed by atoms with Crippen LogP contribution in [0.15, 0.2) is 71.5 Å². The third kappa shape index (κ3) is 4.42. The summed E-state index contributed by atoms with van der Waals surface area (Å²) in [6.07, 6.45) is 3.21. The van der Waals surface area contributed by atoms with Gasteiger partial charge < -0.3 is 0 Å². The minimum atomic E-state index is -0.306. The predicted octanol–water partition coefficient (Wildman–Crippen LogP) is 5.70. The number of hydrogen-bond acceptors (Lipinski definition) is 7. The van der Waals surface area contributed by atoms with Gasteiger partial charge in [0.15, 0.2) is 10.8 Å². The van der Waals surface area contributed by atoms with E-state index in [1.165, 1.54) is 48.5 Å². The highest BCUT2D eigenvalue weighted by Crippen LogP contribution is 2.33. The molecule has 7 nitrogen and oxygen atoms in total. The molecule has 0 bridgehead atoms. The minimum Gasteiger partial charge on any atom is -0.274 e. The number of halogens is 1. The zero-order valence-electron chi connectivity index (χ0n) is 18.3. The van der Waals surface area contributed by atoms with Crippen LogP contribution in [0.1, 0.15) is 18.2 Å². The second kappa shape index (κ2) is 9.32. The van der Waals surface area contributed by atoms with E-state index in [4.69, 9.17) is 4.98 Å². The van der Waals surface area contributed by atoms with Crippen molar-refractivity contribution in [2.24, 2.45) is 0 Å². The molecule has 170 valence electrons. The number of nitrogens with zero attached hydrogens (tertiary/aromatic N) is 6. The molecule has 0 aliphatic rings. The standard InChI is InChI=1S/C24H19FN6OS2/c1-15-4-3-5-20(10-15)30(16(2)32)24-29-18(13-34-24)12-33-23-21-11-28-31(22(21)26-14-27-23)19-8-6-17(25)7-9-19/h3-11,13-14H,12H2,1-2H3. The fraction of sp³-hybridized carbons (Fsp3) is 0.125. The van der Waals surface area contributed by atoms with Crippen LogP contribution in [-0.2, 0) is 10.5 Å². The van der Waals surface area contributed by atoms with Crippen molar-refractivity contribution in [3.8, 4) is 5.69 Å². The fourth-order valence-corrected chi connectivity index (χ4v) is 5.36. The van der Waals surface area contributed by atoms with Gasteiger partial charge in [-0.3, -0.25) is 9.69 Å². The van der Waals surface area contributed by atoms with Crippen LogP contribution in [0.3, 0.4) is 0 Å². The van der Waals surface area contributed by atoms with Crippen molar-refractivity contribution >= 4 is 50.9 Å². The van der Waals surface area contributed by atoms with E-state index in [0.717, 1.165) is 33.0 Å². The molecule has 0 aliphatic carbocycles. The van der Waals surface area contributed by atoms with Gasteiger partial charge in [0.1, 0.15) is 17.2 Å². The van der Waals surface area contributed by atoms with E-state index in [1.54, 1.807) is 27.9 Å². The topological polar surface area (TPSA) is 76.8 Å². The number of fused-ring (bicyclic) bond motifs is 1. The third-order valence-electron chi connectivity index (χ3n) is 5.06. The van der Waals surface area contributed by atoms with Gasteiger partial charge in [-0.05, 0) is 48.9 Å². The lowest BCUT2D eigenvalue weighted by atomic mass is 10.2. The Balaban J connectivity index is 1.37. The summed E-state index contributed by atoms with van der Waals surface area (Å²) in [5.74, 6) is 0.175. The molecule has 0 saturated carbocycles. The molecule has 3 heterocycles. The first-order valence-corrected chi connectivity index (χ1v) is 12.3. The molecule has 2 aromatic carbocycles. The summed E-state index contributed by atoms with van der Waals surface area (Å²) >= 11 is 2.95. The molecule has 0 atom stereocenters. The van der Waals surface area contributed by atoms with Crippen molar-refractivity contribution in [2.75, 3.05) is 4.90 Å². The molecule has 0 fully saturated rings. The molecule has 5 rings (SSSR count). The summed E-state index contributed by atoms with van der Waals surface area (Å²) < 4.78 is 15.0. The van der Waals surface area contributed by atoms with Gasteiger partial charge in [0.05, 0.1) is 28.7 Å². The van der Waals surface area contributed by atoms with Crippen LogP contribution in [-0.4, -0.2) is 30.6 Å². The molecule has 3 aromatic heterocycles. The van der Waals surface area contributed by atoms with Crippen molar-refractivity contribution in [3.05, 3.63) is 83.5 Å². The number of benzene rings is 2. The second-order valence-electron chi connectivity index (χ2n) is 7.55. The van der Waals surface area contributed by atoms with E-state index < -0.39 is 0 Å². The molecular formula is C24H19FN6OS2. The van der Waals surface area contributed by atoms with Crippen molar-refractivity contribution in [1.82, 2.24) is 24.7 Å². The molecule has 0 N–H and O–H groups in total. The average Bonchev–Trinajstić information content (AvgIpc) is 3.46. The molecular weight excluding hydrogens is 471 g/mol. The first kappa shape index (κ1) is 22.2. The third-order valence-corrected chi connectivity index (χ3v) is 6.98. The highest BCUT2D eigenvalue weighted by molar-refractivity contribution is 7.98. The van der Waals surface area contributed by atoms with Gasteiger partial charge in [-0.2, -0.15) is 5.10 Å². The summed E-state index contributed by atoms with van der Waals surface area (Å²) in [5, 5.41) is 8.58. The van der Waals surface area contributed by atoms with Gasteiger partial charge in [0.25, 0.3) is 0 Å². The number of rotatable bonds is 6. The Morgan fingerprint density at radius 2 is 2.00 bits per heavy atom. The number of aryl methyl sites for hydroxylation is 1. The monoisotopic (exact) mass is 490 g/mol. The number of carbonyl (C=O) groups excluding carboxylic acids is 1. The SMILES string of the molecule is CC(=O)N(c1cccc(C)c1)c1nc(CSc2ncnc3c2cnn3-c2ccc(F)cc2)cs1. The van der Waals surface area contributed by atoms with E-state index in [1.807, 2.05) is 36.6 Å². The molecule has 34 heavy (non-hydrogen) atoms. The van der Waals surface area contributed by atoms with Gasteiger partial charge in [-0.1, -0.05) is 23.9 Å². The van der Waals surface area contributed by atoms with E-state index in [9.17, 15) is 9.18 Å².